The zero-order valence-electron chi connectivity index (χ0n) is 22.2. The van der Waals surface area contributed by atoms with E-state index >= 15 is 0 Å². The summed E-state index contributed by atoms with van der Waals surface area (Å²) >= 11 is 0. The van der Waals surface area contributed by atoms with Gasteiger partial charge in [0.05, 0.1) is 33.1 Å². The predicted octanol–water partition coefficient (Wildman–Crippen LogP) is 6.53. The van der Waals surface area contributed by atoms with Gasteiger partial charge in [-0.05, 0) is 59.7 Å². The van der Waals surface area contributed by atoms with E-state index in [2.05, 4.69) is 6.07 Å². The van der Waals surface area contributed by atoms with E-state index in [-0.39, 0.29) is 6.04 Å². The van der Waals surface area contributed by atoms with Gasteiger partial charge in [-0.15, -0.1) is 0 Å². The van der Waals surface area contributed by atoms with E-state index in [0.717, 1.165) is 45.9 Å². The number of ether oxygens (including phenoxy) is 5. The Morgan fingerprint density at radius 1 is 0.795 bits per heavy atom. The molecule has 6 rings (SSSR count). The second-order valence-corrected chi connectivity index (χ2v) is 9.41. The van der Waals surface area contributed by atoms with Crippen molar-refractivity contribution in [3.8, 4) is 28.7 Å². The fourth-order valence-corrected chi connectivity index (χ4v) is 5.11. The smallest absolute Gasteiger partial charge is 0.214 e. The lowest BCUT2D eigenvalue weighted by molar-refractivity contribution is -0.0210. The van der Waals surface area contributed by atoms with Crippen LogP contribution in [-0.4, -0.2) is 32.0 Å². The first-order chi connectivity index (χ1) is 19.2. The summed E-state index contributed by atoms with van der Waals surface area (Å²) in [5.41, 5.74) is 5.08. The van der Waals surface area contributed by atoms with E-state index in [1.165, 1.54) is 0 Å². The molecule has 0 fully saturated rings. The van der Waals surface area contributed by atoms with Crippen molar-refractivity contribution in [2.24, 2.45) is 5.10 Å². The average Bonchev–Trinajstić information content (AvgIpc) is 3.46. The molecule has 4 aromatic rings. The van der Waals surface area contributed by atoms with Crippen molar-refractivity contribution in [2.45, 2.75) is 25.3 Å². The van der Waals surface area contributed by atoms with Crippen LogP contribution in [0.4, 0.5) is 0 Å². The van der Waals surface area contributed by atoms with Crippen LogP contribution in [0.5, 0.6) is 28.7 Å². The fraction of sp³-hybridized carbons (Fsp3) is 0.219. The Labute approximate surface area is 228 Å². The van der Waals surface area contributed by atoms with E-state index in [1.807, 2.05) is 89.9 Å². The summed E-state index contributed by atoms with van der Waals surface area (Å²) < 4.78 is 29.5. The van der Waals surface area contributed by atoms with Gasteiger partial charge < -0.3 is 23.7 Å². The van der Waals surface area contributed by atoms with Crippen LogP contribution < -0.4 is 23.7 Å². The van der Waals surface area contributed by atoms with Gasteiger partial charge in [0, 0.05) is 17.5 Å². The minimum Gasteiger partial charge on any atom is -0.497 e. The summed E-state index contributed by atoms with van der Waals surface area (Å²) in [5.74, 6) is 3.55. The lowest BCUT2D eigenvalue weighted by atomic mass is 9.95. The van der Waals surface area contributed by atoms with Crippen molar-refractivity contribution >= 4 is 5.71 Å². The highest BCUT2D eigenvalue weighted by molar-refractivity contribution is 6.02. The number of hydrazone groups is 1. The molecule has 7 heteroatoms. The summed E-state index contributed by atoms with van der Waals surface area (Å²) in [7, 11) is 4.98. The Bertz CT molecular complexity index is 1490. The first-order valence-corrected chi connectivity index (χ1v) is 12.9. The summed E-state index contributed by atoms with van der Waals surface area (Å²) in [6.45, 7) is 0.449. The number of benzene rings is 4. The predicted molar refractivity (Wildman–Crippen MR) is 149 cm³/mol. The van der Waals surface area contributed by atoms with E-state index in [1.54, 1.807) is 21.3 Å². The molecule has 2 aliphatic rings. The summed E-state index contributed by atoms with van der Waals surface area (Å²) in [4.78, 5) is 0. The molecule has 0 radical (unpaired) electrons. The van der Waals surface area contributed by atoms with Crippen LogP contribution >= 0.6 is 0 Å². The number of methoxy groups -OCH3 is 3. The van der Waals surface area contributed by atoms with Gasteiger partial charge in [-0.2, -0.15) is 5.10 Å². The minimum atomic E-state index is -0.480. The van der Waals surface area contributed by atoms with Crippen LogP contribution in [-0.2, 0) is 6.61 Å². The van der Waals surface area contributed by atoms with Crippen LogP contribution in [0.15, 0.2) is 96.1 Å². The van der Waals surface area contributed by atoms with Gasteiger partial charge >= 0.3 is 0 Å². The van der Waals surface area contributed by atoms with Gasteiger partial charge in [0.15, 0.2) is 23.0 Å². The molecule has 0 N–H and O–H groups in total. The van der Waals surface area contributed by atoms with Crippen LogP contribution in [0.2, 0.25) is 0 Å². The zero-order chi connectivity index (χ0) is 26.8. The van der Waals surface area contributed by atoms with Crippen molar-refractivity contribution < 1.29 is 23.7 Å². The number of fused-ring (bicyclic) bond motifs is 3. The molecule has 198 valence electrons. The molecule has 4 aromatic carbocycles. The average molecular weight is 523 g/mol. The highest BCUT2D eigenvalue weighted by Crippen LogP contribution is 2.51. The first-order valence-electron chi connectivity index (χ1n) is 12.9. The van der Waals surface area contributed by atoms with Crippen molar-refractivity contribution in [3.05, 3.63) is 113 Å². The van der Waals surface area contributed by atoms with Crippen molar-refractivity contribution in [1.29, 1.82) is 0 Å². The minimum absolute atomic E-state index is 0.00838. The summed E-state index contributed by atoms with van der Waals surface area (Å²) in [5, 5.41) is 7.12. The van der Waals surface area contributed by atoms with Crippen LogP contribution in [0, 0.1) is 0 Å². The molecule has 0 amide bonds. The Morgan fingerprint density at radius 3 is 2.33 bits per heavy atom. The molecular weight excluding hydrogens is 492 g/mol. The second-order valence-electron chi connectivity index (χ2n) is 9.41. The van der Waals surface area contributed by atoms with Gasteiger partial charge in [-0.3, -0.25) is 0 Å². The van der Waals surface area contributed by atoms with Crippen LogP contribution in [0.25, 0.3) is 0 Å². The monoisotopic (exact) mass is 522 g/mol. The highest BCUT2D eigenvalue weighted by atomic mass is 16.5. The molecule has 2 atom stereocenters. The van der Waals surface area contributed by atoms with Gasteiger partial charge in [0.25, 0.3) is 0 Å². The number of hydrogen-bond donors (Lipinski definition) is 0. The summed E-state index contributed by atoms with van der Waals surface area (Å²) in [6, 6.07) is 29.9. The third-order valence-corrected chi connectivity index (χ3v) is 7.13. The third-order valence-electron chi connectivity index (χ3n) is 7.13. The molecule has 2 unspecified atom stereocenters. The number of nitrogens with zero attached hydrogens (tertiary/aromatic N) is 2. The molecule has 0 saturated heterocycles. The molecule has 0 bridgehead atoms. The van der Waals surface area contributed by atoms with Gasteiger partial charge in [0.1, 0.15) is 12.4 Å². The molecular formula is C32H30N2O5. The Balaban J connectivity index is 1.35. The standard InChI is InChI=1S/C32H30N2O5/c1-35-24-15-12-22(13-16-24)26-19-27-25-10-7-11-29(36-2)31(25)39-32(34(27)33-26)23-14-17-28(30(18-23)37-3)38-20-21-8-5-4-6-9-21/h4-18,27,32H,19-20H2,1-3H3. The Kier molecular flexibility index (Phi) is 6.71. The summed E-state index contributed by atoms with van der Waals surface area (Å²) in [6.07, 6.45) is 0.258. The van der Waals surface area contributed by atoms with Crippen molar-refractivity contribution in [2.75, 3.05) is 21.3 Å². The van der Waals surface area contributed by atoms with E-state index in [4.69, 9.17) is 28.8 Å². The van der Waals surface area contributed by atoms with Crippen molar-refractivity contribution in [1.82, 2.24) is 5.01 Å². The molecule has 2 heterocycles. The zero-order valence-corrected chi connectivity index (χ0v) is 22.2. The normalized spacial score (nSPS) is 17.4. The largest absolute Gasteiger partial charge is 0.497 e. The number of hydrogen-bond acceptors (Lipinski definition) is 7. The molecule has 0 spiro atoms. The second kappa shape index (κ2) is 10.6. The van der Waals surface area contributed by atoms with E-state index < -0.39 is 6.23 Å². The quantitative estimate of drug-likeness (QED) is 0.262. The van der Waals surface area contributed by atoms with Crippen LogP contribution in [0.1, 0.15) is 40.9 Å². The highest BCUT2D eigenvalue weighted by Gasteiger charge is 2.42. The van der Waals surface area contributed by atoms with Crippen LogP contribution in [0.3, 0.4) is 0 Å². The molecule has 0 saturated carbocycles. The van der Waals surface area contributed by atoms with Crippen molar-refractivity contribution in [3.63, 3.8) is 0 Å². The maximum atomic E-state index is 6.62. The maximum absolute atomic E-state index is 6.62. The maximum Gasteiger partial charge on any atom is 0.214 e. The number of para-hydroxylation sites is 1. The molecule has 0 aromatic heterocycles. The molecule has 7 nitrogen and oxygen atoms in total. The molecule has 2 aliphatic heterocycles. The molecule has 39 heavy (non-hydrogen) atoms. The van der Waals surface area contributed by atoms with E-state index in [9.17, 15) is 0 Å². The lowest BCUT2D eigenvalue weighted by Crippen LogP contribution is -2.33. The van der Waals surface area contributed by atoms with E-state index in [0.29, 0.717) is 23.9 Å². The number of rotatable bonds is 8. The lowest BCUT2D eigenvalue weighted by Gasteiger charge is -2.38. The Morgan fingerprint density at radius 2 is 1.59 bits per heavy atom. The SMILES string of the molecule is COc1ccc(C2=NN3C(C2)c2cccc(OC)c2OC3c2ccc(OCc3ccccc3)c(OC)c2)cc1. The molecule has 0 aliphatic carbocycles. The third kappa shape index (κ3) is 4.72. The Hall–Kier alpha value is -4.65. The van der Waals surface area contributed by atoms with Gasteiger partial charge in [0.2, 0.25) is 6.23 Å². The van der Waals surface area contributed by atoms with Gasteiger partial charge in [-0.25, -0.2) is 5.01 Å². The first kappa shape index (κ1) is 24.7. The topological polar surface area (TPSA) is 61.8 Å². The fourth-order valence-electron chi connectivity index (χ4n) is 5.11. The van der Waals surface area contributed by atoms with Gasteiger partial charge in [-0.1, -0.05) is 42.5 Å².